The van der Waals surface area contributed by atoms with E-state index in [0.717, 1.165) is 11.3 Å². The van der Waals surface area contributed by atoms with Gasteiger partial charge in [-0.25, -0.2) is 4.98 Å². The van der Waals surface area contributed by atoms with Crippen molar-refractivity contribution in [2.75, 3.05) is 0 Å². The molecule has 0 amide bonds. The Bertz CT molecular complexity index is 536. The summed E-state index contributed by atoms with van der Waals surface area (Å²) in [5.74, 6) is 0.340. The maximum atomic E-state index is 9.89. The van der Waals surface area contributed by atoms with Gasteiger partial charge in [-0.05, 0) is 29.7 Å². The average molecular weight is 261 g/mol. The Kier molecular flexibility index (Phi) is 3.67. The fourth-order valence-corrected chi connectivity index (χ4v) is 2.34. The Morgan fingerprint density at radius 1 is 1.17 bits per heavy atom. The molecule has 94 valence electrons. The third-order valence-electron chi connectivity index (χ3n) is 2.63. The van der Waals surface area contributed by atoms with Gasteiger partial charge in [-0.2, -0.15) is 0 Å². The molecule has 1 aromatic carbocycles. The standard InChI is InChI=1S/C14H15NO2S/c1-9(2)14-12(16)5-10(6-13(14)17)3-4-11-7-18-8-15-11/h3-9,16-17H,1-2H3/b4-3+. The minimum Gasteiger partial charge on any atom is -0.507 e. The van der Waals surface area contributed by atoms with Gasteiger partial charge < -0.3 is 10.2 Å². The van der Waals surface area contributed by atoms with Crippen LogP contribution < -0.4 is 0 Å². The summed E-state index contributed by atoms with van der Waals surface area (Å²) in [5, 5.41) is 21.7. The number of aromatic nitrogens is 1. The Hall–Kier alpha value is -1.81. The Labute approximate surface area is 110 Å². The van der Waals surface area contributed by atoms with E-state index < -0.39 is 0 Å². The highest BCUT2D eigenvalue weighted by Crippen LogP contribution is 2.35. The van der Waals surface area contributed by atoms with Crippen LogP contribution >= 0.6 is 11.3 Å². The molecular weight excluding hydrogens is 246 g/mol. The van der Waals surface area contributed by atoms with Crippen LogP contribution in [0.3, 0.4) is 0 Å². The number of aromatic hydroxyl groups is 2. The van der Waals surface area contributed by atoms with Crippen LogP contribution in [0.1, 0.15) is 36.6 Å². The largest absolute Gasteiger partial charge is 0.507 e. The van der Waals surface area contributed by atoms with Crippen molar-refractivity contribution in [2.24, 2.45) is 0 Å². The van der Waals surface area contributed by atoms with Gasteiger partial charge in [0.1, 0.15) is 11.5 Å². The van der Waals surface area contributed by atoms with E-state index >= 15 is 0 Å². The second-order valence-electron chi connectivity index (χ2n) is 4.37. The lowest BCUT2D eigenvalue weighted by molar-refractivity contribution is 0.433. The van der Waals surface area contributed by atoms with Gasteiger partial charge in [-0.1, -0.05) is 19.9 Å². The highest BCUT2D eigenvalue weighted by Gasteiger charge is 2.12. The van der Waals surface area contributed by atoms with Crippen molar-refractivity contribution in [1.82, 2.24) is 4.98 Å². The van der Waals surface area contributed by atoms with Crippen LogP contribution in [0.25, 0.3) is 12.2 Å². The number of rotatable bonds is 3. The van der Waals surface area contributed by atoms with Crippen molar-refractivity contribution in [3.63, 3.8) is 0 Å². The summed E-state index contributed by atoms with van der Waals surface area (Å²) in [6, 6.07) is 3.30. The molecular formula is C14H15NO2S. The SMILES string of the molecule is CC(C)c1c(O)cc(/C=C/c2cscn2)cc1O. The summed E-state index contributed by atoms with van der Waals surface area (Å²) in [6.45, 7) is 3.86. The number of phenols is 2. The van der Waals surface area contributed by atoms with E-state index in [1.807, 2.05) is 31.4 Å². The van der Waals surface area contributed by atoms with Crippen molar-refractivity contribution < 1.29 is 10.2 Å². The molecule has 4 heteroatoms. The second kappa shape index (κ2) is 5.23. The van der Waals surface area contributed by atoms with Gasteiger partial charge in [-0.3, -0.25) is 0 Å². The molecule has 0 bridgehead atoms. The van der Waals surface area contributed by atoms with Crippen molar-refractivity contribution in [3.05, 3.63) is 39.8 Å². The first kappa shape index (κ1) is 12.6. The van der Waals surface area contributed by atoms with E-state index in [1.54, 1.807) is 17.6 Å². The van der Waals surface area contributed by atoms with E-state index in [9.17, 15) is 10.2 Å². The topological polar surface area (TPSA) is 53.4 Å². The molecule has 2 rings (SSSR count). The Morgan fingerprint density at radius 2 is 1.83 bits per heavy atom. The van der Waals surface area contributed by atoms with E-state index in [4.69, 9.17) is 0 Å². The first-order valence-electron chi connectivity index (χ1n) is 5.70. The molecule has 0 spiro atoms. The lowest BCUT2D eigenvalue weighted by atomic mass is 9.99. The van der Waals surface area contributed by atoms with Crippen molar-refractivity contribution in [3.8, 4) is 11.5 Å². The van der Waals surface area contributed by atoms with Crippen molar-refractivity contribution in [1.29, 1.82) is 0 Å². The number of phenolic OH excluding ortho intramolecular Hbond substituents is 2. The zero-order valence-electron chi connectivity index (χ0n) is 10.3. The van der Waals surface area contributed by atoms with Crippen LogP contribution in [0.2, 0.25) is 0 Å². The molecule has 0 saturated heterocycles. The lowest BCUT2D eigenvalue weighted by Crippen LogP contribution is -1.90. The van der Waals surface area contributed by atoms with Gasteiger partial charge >= 0.3 is 0 Å². The number of thiazole rings is 1. The molecule has 2 N–H and O–H groups in total. The van der Waals surface area contributed by atoms with Gasteiger partial charge in [0.25, 0.3) is 0 Å². The minimum absolute atomic E-state index is 0.0848. The molecule has 0 aliphatic heterocycles. The van der Waals surface area contributed by atoms with Gasteiger partial charge in [-0.15, -0.1) is 11.3 Å². The molecule has 0 saturated carbocycles. The summed E-state index contributed by atoms with van der Waals surface area (Å²) >= 11 is 1.53. The van der Waals surface area contributed by atoms with Crippen LogP contribution in [0.4, 0.5) is 0 Å². The zero-order valence-corrected chi connectivity index (χ0v) is 11.1. The zero-order chi connectivity index (χ0) is 13.1. The fourth-order valence-electron chi connectivity index (χ4n) is 1.82. The molecule has 1 aromatic heterocycles. The van der Waals surface area contributed by atoms with E-state index in [1.165, 1.54) is 11.3 Å². The van der Waals surface area contributed by atoms with E-state index in [-0.39, 0.29) is 17.4 Å². The summed E-state index contributed by atoms with van der Waals surface area (Å²) in [4.78, 5) is 4.13. The molecule has 0 aliphatic carbocycles. The molecule has 0 aliphatic rings. The van der Waals surface area contributed by atoms with Gasteiger partial charge in [0.2, 0.25) is 0 Å². The monoisotopic (exact) mass is 261 g/mol. The normalized spacial score (nSPS) is 11.5. The minimum atomic E-state index is 0.0848. The smallest absolute Gasteiger partial charge is 0.123 e. The van der Waals surface area contributed by atoms with E-state index in [0.29, 0.717) is 5.56 Å². The quantitative estimate of drug-likeness (QED) is 0.882. The Morgan fingerprint density at radius 3 is 2.33 bits per heavy atom. The van der Waals surface area contributed by atoms with Gasteiger partial charge in [0.15, 0.2) is 0 Å². The predicted octanol–water partition coefficient (Wildman–Crippen LogP) is 3.85. The Balaban J connectivity index is 2.31. The predicted molar refractivity (Wildman–Crippen MR) is 74.9 cm³/mol. The van der Waals surface area contributed by atoms with Crippen LogP contribution in [0, 0.1) is 0 Å². The number of hydrogen-bond donors (Lipinski definition) is 2. The number of benzene rings is 1. The third-order valence-corrected chi connectivity index (χ3v) is 3.24. The summed E-state index contributed by atoms with van der Waals surface area (Å²) < 4.78 is 0. The average Bonchev–Trinajstić information content (AvgIpc) is 2.77. The van der Waals surface area contributed by atoms with Gasteiger partial charge in [0.05, 0.1) is 11.2 Å². The molecule has 0 fully saturated rings. The van der Waals surface area contributed by atoms with Crippen LogP contribution in [0.15, 0.2) is 23.0 Å². The molecule has 0 atom stereocenters. The third kappa shape index (κ3) is 2.71. The molecule has 3 nitrogen and oxygen atoms in total. The summed E-state index contributed by atoms with van der Waals surface area (Å²) in [7, 11) is 0. The van der Waals surface area contributed by atoms with Gasteiger partial charge in [0, 0.05) is 10.9 Å². The van der Waals surface area contributed by atoms with Crippen molar-refractivity contribution in [2.45, 2.75) is 19.8 Å². The molecule has 0 radical (unpaired) electrons. The molecule has 0 unspecified atom stereocenters. The lowest BCUT2D eigenvalue weighted by Gasteiger charge is -2.11. The van der Waals surface area contributed by atoms with Crippen molar-refractivity contribution >= 4 is 23.5 Å². The first-order valence-corrected chi connectivity index (χ1v) is 6.64. The van der Waals surface area contributed by atoms with Crippen LogP contribution in [-0.2, 0) is 0 Å². The molecule has 18 heavy (non-hydrogen) atoms. The number of hydrogen-bond acceptors (Lipinski definition) is 4. The van der Waals surface area contributed by atoms with Crippen LogP contribution in [-0.4, -0.2) is 15.2 Å². The first-order chi connectivity index (χ1) is 8.58. The molecule has 1 heterocycles. The maximum Gasteiger partial charge on any atom is 0.123 e. The summed E-state index contributed by atoms with van der Waals surface area (Å²) in [6.07, 6.45) is 3.67. The fraction of sp³-hybridized carbons (Fsp3) is 0.214. The molecule has 2 aromatic rings. The maximum absolute atomic E-state index is 9.89. The highest BCUT2D eigenvalue weighted by molar-refractivity contribution is 7.07. The van der Waals surface area contributed by atoms with E-state index in [2.05, 4.69) is 4.98 Å². The van der Waals surface area contributed by atoms with Crippen LogP contribution in [0.5, 0.6) is 11.5 Å². The second-order valence-corrected chi connectivity index (χ2v) is 5.09. The highest BCUT2D eigenvalue weighted by atomic mass is 32.1. The number of nitrogens with zero attached hydrogens (tertiary/aromatic N) is 1. The summed E-state index contributed by atoms with van der Waals surface area (Å²) in [5.41, 5.74) is 3.96.